The molecule has 180 valence electrons. The summed E-state index contributed by atoms with van der Waals surface area (Å²) in [5, 5.41) is 22.1. The van der Waals surface area contributed by atoms with Gasteiger partial charge in [-0.2, -0.15) is 0 Å². The van der Waals surface area contributed by atoms with E-state index in [1.165, 1.54) is 0 Å². The van der Waals surface area contributed by atoms with Gasteiger partial charge in [-0.1, -0.05) is 0 Å². The van der Waals surface area contributed by atoms with Gasteiger partial charge in [-0.3, -0.25) is 19.2 Å². The predicted octanol–water partition coefficient (Wildman–Crippen LogP) is -0.597. The highest BCUT2D eigenvalue weighted by Gasteiger charge is 2.06. The molecule has 0 aromatic rings. The minimum Gasteiger partial charge on any atom is -0.481 e. The molecule has 0 bridgehead atoms. The van der Waals surface area contributed by atoms with Gasteiger partial charge in [-0.15, -0.1) is 0 Å². The highest BCUT2D eigenvalue weighted by atomic mass is 16.6. The topological polar surface area (TPSA) is 170 Å². The van der Waals surface area contributed by atoms with E-state index in [0.29, 0.717) is 59.3 Å². The number of carboxylic acid groups (broad SMARTS) is 2. The zero-order valence-electron chi connectivity index (χ0n) is 17.9. The van der Waals surface area contributed by atoms with E-state index in [1.54, 1.807) is 0 Å². The largest absolute Gasteiger partial charge is 0.481 e. The van der Waals surface area contributed by atoms with E-state index < -0.39 is 11.9 Å². The molecule has 1 atom stereocenters. The summed E-state index contributed by atoms with van der Waals surface area (Å²) in [6, 6.07) is 0. The molecule has 31 heavy (non-hydrogen) atoms. The van der Waals surface area contributed by atoms with Gasteiger partial charge in [-0.25, -0.2) is 0 Å². The van der Waals surface area contributed by atoms with Crippen LogP contribution in [0.1, 0.15) is 32.6 Å². The molecule has 0 heterocycles. The summed E-state index contributed by atoms with van der Waals surface area (Å²) in [4.78, 5) is 43.2. The van der Waals surface area contributed by atoms with Gasteiger partial charge in [0.1, 0.15) is 0 Å². The van der Waals surface area contributed by atoms with Gasteiger partial charge in [-0.05, 0) is 6.92 Å². The van der Waals surface area contributed by atoms with Crippen LogP contribution in [0.3, 0.4) is 0 Å². The molecule has 12 heteroatoms. The van der Waals surface area contributed by atoms with Crippen LogP contribution >= 0.6 is 0 Å². The van der Waals surface area contributed by atoms with Crippen LogP contribution in [0.4, 0.5) is 0 Å². The zero-order chi connectivity index (χ0) is 23.3. The van der Waals surface area contributed by atoms with Gasteiger partial charge in [0.2, 0.25) is 11.8 Å². The van der Waals surface area contributed by atoms with Crippen molar-refractivity contribution in [3.63, 3.8) is 0 Å². The van der Waals surface area contributed by atoms with Crippen molar-refractivity contribution in [2.45, 2.75) is 38.7 Å². The molecule has 0 aliphatic heterocycles. The number of amides is 2. The maximum Gasteiger partial charge on any atom is 0.303 e. The first-order valence-electron chi connectivity index (χ1n) is 10.1. The molecule has 2 amide bonds. The van der Waals surface area contributed by atoms with Gasteiger partial charge in [0.05, 0.1) is 65.2 Å². The Labute approximate surface area is 181 Å². The summed E-state index contributed by atoms with van der Waals surface area (Å²) >= 11 is 0. The van der Waals surface area contributed by atoms with Crippen molar-refractivity contribution in [3.05, 3.63) is 0 Å². The van der Waals surface area contributed by atoms with Crippen molar-refractivity contribution in [2.75, 3.05) is 59.3 Å². The molecule has 0 saturated heterocycles. The average Bonchev–Trinajstić information content (AvgIpc) is 2.71. The number of carboxylic acids is 2. The van der Waals surface area contributed by atoms with Gasteiger partial charge in [0.15, 0.2) is 0 Å². The molecule has 0 saturated carbocycles. The molecule has 0 aliphatic carbocycles. The van der Waals surface area contributed by atoms with Crippen LogP contribution in [0.15, 0.2) is 0 Å². The summed E-state index contributed by atoms with van der Waals surface area (Å²) in [6.45, 7) is 4.94. The number of carbonyl (C=O) groups is 4. The minimum atomic E-state index is -1.01. The lowest BCUT2D eigenvalue weighted by atomic mass is 10.3. The second-order valence-electron chi connectivity index (χ2n) is 6.47. The lowest BCUT2D eigenvalue weighted by Crippen LogP contribution is -2.28. The van der Waals surface area contributed by atoms with E-state index in [2.05, 4.69) is 10.6 Å². The number of hydrogen-bond acceptors (Lipinski definition) is 8. The fourth-order valence-corrected chi connectivity index (χ4v) is 2.07. The quantitative estimate of drug-likeness (QED) is 0.166. The van der Waals surface area contributed by atoms with E-state index in [1.807, 2.05) is 6.92 Å². The molecule has 0 radical (unpaired) electrons. The minimum absolute atomic E-state index is 0.0491. The number of nitrogens with one attached hydrogen (secondary N) is 2. The Kier molecular flexibility index (Phi) is 18.2. The first-order chi connectivity index (χ1) is 14.8. The van der Waals surface area contributed by atoms with Crippen molar-refractivity contribution in [2.24, 2.45) is 0 Å². The lowest BCUT2D eigenvalue weighted by Gasteiger charge is -2.14. The van der Waals surface area contributed by atoms with Gasteiger partial charge in [0.25, 0.3) is 0 Å². The lowest BCUT2D eigenvalue weighted by molar-refractivity contribution is -0.139. The number of hydrogen-bond donors (Lipinski definition) is 4. The van der Waals surface area contributed by atoms with Crippen LogP contribution in [0, 0.1) is 0 Å². The summed E-state index contributed by atoms with van der Waals surface area (Å²) < 4.78 is 21.5. The summed E-state index contributed by atoms with van der Waals surface area (Å²) in [5.41, 5.74) is 0. The third kappa shape index (κ3) is 22.2. The van der Waals surface area contributed by atoms with Gasteiger partial charge < -0.3 is 39.8 Å². The Morgan fingerprint density at radius 3 is 1.61 bits per heavy atom. The van der Waals surface area contributed by atoms with E-state index >= 15 is 0 Å². The van der Waals surface area contributed by atoms with Crippen molar-refractivity contribution >= 4 is 23.8 Å². The van der Waals surface area contributed by atoms with Crippen molar-refractivity contribution < 1.29 is 48.3 Å². The number of rotatable bonds is 21. The monoisotopic (exact) mass is 450 g/mol. The Bertz CT molecular complexity index is 530. The Morgan fingerprint density at radius 2 is 1.13 bits per heavy atom. The highest BCUT2D eigenvalue weighted by Crippen LogP contribution is 1.93. The maximum atomic E-state index is 11.3. The normalized spacial score (nSPS) is 11.6. The molecule has 4 N–H and O–H groups in total. The molecule has 0 aromatic heterocycles. The molecular weight excluding hydrogens is 416 g/mol. The fraction of sp³-hybridized carbons (Fsp3) is 0.789. The second-order valence-corrected chi connectivity index (χ2v) is 6.47. The molecule has 0 aromatic carbocycles. The maximum absolute atomic E-state index is 11.3. The van der Waals surface area contributed by atoms with Crippen LogP contribution in [-0.4, -0.2) is 99.4 Å². The number of aliphatic carboxylic acids is 2. The van der Waals surface area contributed by atoms with Crippen LogP contribution in [0.2, 0.25) is 0 Å². The van der Waals surface area contributed by atoms with E-state index in [9.17, 15) is 19.2 Å². The highest BCUT2D eigenvalue weighted by molar-refractivity contribution is 5.81. The van der Waals surface area contributed by atoms with Gasteiger partial charge >= 0.3 is 11.9 Å². The van der Waals surface area contributed by atoms with E-state index in [4.69, 9.17) is 29.2 Å². The summed E-state index contributed by atoms with van der Waals surface area (Å²) in [7, 11) is 0. The SMILES string of the molecule is CC(COCCOCCNC(=O)CCC(=O)O)OCCOCCNC(=O)CCC(=O)O. The van der Waals surface area contributed by atoms with Crippen LogP contribution < -0.4 is 10.6 Å². The molecule has 0 rings (SSSR count). The molecule has 0 fully saturated rings. The smallest absolute Gasteiger partial charge is 0.303 e. The number of ether oxygens (including phenoxy) is 4. The number of carbonyl (C=O) groups excluding carboxylic acids is 2. The molecule has 12 nitrogen and oxygen atoms in total. The third-order valence-corrected chi connectivity index (χ3v) is 3.62. The molecular formula is C19H34N2O10. The van der Waals surface area contributed by atoms with Crippen molar-refractivity contribution in [1.82, 2.24) is 10.6 Å². The van der Waals surface area contributed by atoms with E-state index in [0.717, 1.165) is 0 Å². The average molecular weight is 450 g/mol. The zero-order valence-corrected chi connectivity index (χ0v) is 17.9. The first kappa shape index (κ1) is 28.7. The fourth-order valence-electron chi connectivity index (χ4n) is 2.07. The second kappa shape index (κ2) is 19.7. The third-order valence-electron chi connectivity index (χ3n) is 3.62. The Hall–Kier alpha value is -2.28. The summed E-state index contributed by atoms with van der Waals surface area (Å²) in [6.07, 6.45) is -0.617. The Balaban J connectivity index is 3.35. The Morgan fingerprint density at radius 1 is 0.677 bits per heavy atom. The molecule has 0 aliphatic rings. The van der Waals surface area contributed by atoms with Gasteiger partial charge in [0, 0.05) is 25.9 Å². The molecule has 0 spiro atoms. The van der Waals surface area contributed by atoms with Crippen LogP contribution in [-0.2, 0) is 38.1 Å². The summed E-state index contributed by atoms with van der Waals surface area (Å²) in [5.74, 6) is -2.66. The standard InChI is InChI=1S/C19H34N2O10/c1-15(31-13-12-29-9-7-21-17(23)3-5-19(26)27)14-30-11-10-28-8-6-20-16(22)2-4-18(24)25/h15H,2-14H2,1H3,(H,20,22)(H,21,23)(H,24,25)(H,26,27). The first-order valence-corrected chi connectivity index (χ1v) is 10.1. The van der Waals surface area contributed by atoms with E-state index in [-0.39, 0.29) is 43.6 Å². The predicted molar refractivity (Wildman–Crippen MR) is 108 cm³/mol. The molecule has 1 unspecified atom stereocenters. The van der Waals surface area contributed by atoms with Crippen molar-refractivity contribution in [3.8, 4) is 0 Å². The van der Waals surface area contributed by atoms with Crippen molar-refractivity contribution in [1.29, 1.82) is 0 Å². The van der Waals surface area contributed by atoms with Crippen LogP contribution in [0.25, 0.3) is 0 Å². The van der Waals surface area contributed by atoms with Crippen LogP contribution in [0.5, 0.6) is 0 Å².